The lowest BCUT2D eigenvalue weighted by Gasteiger charge is -2.40. The van der Waals surface area contributed by atoms with Crippen molar-refractivity contribution in [3.63, 3.8) is 0 Å². The van der Waals surface area contributed by atoms with E-state index in [0.717, 1.165) is 53.6 Å². The number of unbranched alkanes of at least 4 members (excludes halogenated alkanes) is 2. The minimum absolute atomic E-state index is 0.225. The van der Waals surface area contributed by atoms with Crippen LogP contribution in [0.15, 0.2) is 18.2 Å². The van der Waals surface area contributed by atoms with Crippen molar-refractivity contribution < 1.29 is 4.39 Å². The van der Waals surface area contributed by atoms with Gasteiger partial charge >= 0.3 is 0 Å². The lowest BCUT2D eigenvalue weighted by molar-refractivity contribution is 0.120. The fourth-order valence-electron chi connectivity index (χ4n) is 7.14. The fraction of sp³-hybridized carbons (Fsp3) is 0.733. The molecule has 0 nitrogen and oxygen atoms in total. The molecule has 2 heteroatoms. The molecule has 0 aliphatic heterocycles. The number of rotatable bonds is 7. The van der Waals surface area contributed by atoms with Crippen molar-refractivity contribution in [1.29, 1.82) is 0 Å². The normalized spacial score (nSPS) is 31.4. The SMILES string of the molecule is CCCCCC1CCC(C2CCC(C3CC=C(c4ccc(C)c(Cl)c4F)CC3)CC2)CC1. The second-order valence-electron chi connectivity index (χ2n) is 11.3. The Labute approximate surface area is 201 Å². The summed E-state index contributed by atoms with van der Waals surface area (Å²) in [7, 11) is 0. The van der Waals surface area contributed by atoms with Crippen LogP contribution in [0.4, 0.5) is 4.39 Å². The molecule has 0 aromatic heterocycles. The van der Waals surface area contributed by atoms with Crippen molar-refractivity contribution in [2.45, 2.75) is 110 Å². The van der Waals surface area contributed by atoms with E-state index in [-0.39, 0.29) is 5.82 Å². The molecule has 1 aromatic carbocycles. The largest absolute Gasteiger partial charge is 0.205 e. The summed E-state index contributed by atoms with van der Waals surface area (Å²) in [5.41, 5.74) is 2.72. The maximum Gasteiger partial charge on any atom is 0.149 e. The van der Waals surface area contributed by atoms with Crippen molar-refractivity contribution in [3.8, 4) is 0 Å². The zero-order chi connectivity index (χ0) is 22.5. The Bertz CT molecular complexity index is 765. The van der Waals surface area contributed by atoms with Gasteiger partial charge in [-0.25, -0.2) is 4.39 Å². The number of hydrogen-bond donors (Lipinski definition) is 0. The van der Waals surface area contributed by atoms with Gasteiger partial charge in [-0.15, -0.1) is 0 Å². The third-order valence-corrected chi connectivity index (χ3v) is 9.79. The zero-order valence-electron chi connectivity index (χ0n) is 20.5. The molecule has 32 heavy (non-hydrogen) atoms. The molecule has 0 spiro atoms. The van der Waals surface area contributed by atoms with Crippen LogP contribution in [0.3, 0.4) is 0 Å². The molecule has 3 aliphatic carbocycles. The van der Waals surface area contributed by atoms with Crippen LogP contribution in [0.25, 0.3) is 5.57 Å². The van der Waals surface area contributed by atoms with E-state index >= 15 is 0 Å². The first-order valence-electron chi connectivity index (χ1n) is 13.7. The molecule has 4 rings (SSSR count). The third-order valence-electron chi connectivity index (χ3n) is 9.33. The standard InChI is InChI=1S/C30H44ClF/c1-3-4-5-6-22-8-10-23(11-9-22)24-12-14-25(15-13-24)26-16-18-27(19-17-26)28-20-7-21(2)29(31)30(28)32/h7,18,20,22-26H,3-6,8-17,19H2,1-2H3. The Morgan fingerprint density at radius 2 is 1.47 bits per heavy atom. The molecule has 0 heterocycles. The number of hydrogen-bond acceptors (Lipinski definition) is 0. The second kappa shape index (κ2) is 11.5. The predicted octanol–water partition coefficient (Wildman–Crippen LogP) is 10.2. The van der Waals surface area contributed by atoms with Gasteiger partial charge in [0.2, 0.25) is 0 Å². The molecule has 2 saturated carbocycles. The van der Waals surface area contributed by atoms with Crippen LogP contribution in [0, 0.1) is 42.3 Å². The van der Waals surface area contributed by atoms with Crippen molar-refractivity contribution in [2.75, 3.05) is 0 Å². The van der Waals surface area contributed by atoms with Crippen LogP contribution in [0.2, 0.25) is 5.02 Å². The Hall–Kier alpha value is -0.820. The van der Waals surface area contributed by atoms with E-state index < -0.39 is 0 Å². The summed E-state index contributed by atoms with van der Waals surface area (Å²) in [5, 5.41) is 0.291. The van der Waals surface area contributed by atoms with Gasteiger partial charge in [-0.05, 0) is 105 Å². The summed E-state index contributed by atoms with van der Waals surface area (Å²) in [4.78, 5) is 0. The van der Waals surface area contributed by atoms with Gasteiger partial charge in [0.25, 0.3) is 0 Å². The van der Waals surface area contributed by atoms with E-state index in [2.05, 4.69) is 13.0 Å². The first-order chi connectivity index (χ1) is 15.6. The molecule has 3 aliphatic rings. The molecular weight excluding hydrogens is 415 g/mol. The van der Waals surface area contributed by atoms with Gasteiger partial charge in [0.05, 0.1) is 5.02 Å². The minimum atomic E-state index is -0.225. The van der Waals surface area contributed by atoms with Crippen LogP contribution < -0.4 is 0 Å². The molecule has 2 fully saturated rings. The summed E-state index contributed by atoms with van der Waals surface area (Å²) < 4.78 is 14.6. The Morgan fingerprint density at radius 3 is 2.06 bits per heavy atom. The Kier molecular flexibility index (Phi) is 8.77. The topological polar surface area (TPSA) is 0 Å². The fourth-order valence-corrected chi connectivity index (χ4v) is 7.31. The smallest absolute Gasteiger partial charge is 0.149 e. The van der Waals surface area contributed by atoms with Gasteiger partial charge < -0.3 is 0 Å². The Morgan fingerprint density at radius 1 is 0.844 bits per heavy atom. The molecule has 1 aromatic rings. The number of halogens is 2. The van der Waals surface area contributed by atoms with E-state index in [1.165, 1.54) is 89.0 Å². The second-order valence-corrected chi connectivity index (χ2v) is 11.7. The lowest BCUT2D eigenvalue weighted by Crippen LogP contribution is -2.28. The molecule has 0 bridgehead atoms. The van der Waals surface area contributed by atoms with Gasteiger partial charge in [-0.3, -0.25) is 0 Å². The maximum atomic E-state index is 14.6. The van der Waals surface area contributed by atoms with Crippen molar-refractivity contribution in [1.82, 2.24) is 0 Å². The molecule has 0 amide bonds. The molecule has 0 radical (unpaired) electrons. The average Bonchev–Trinajstić information content (AvgIpc) is 2.84. The minimum Gasteiger partial charge on any atom is -0.205 e. The molecule has 178 valence electrons. The molecule has 1 atom stereocenters. The van der Waals surface area contributed by atoms with Crippen molar-refractivity contribution in [2.24, 2.45) is 29.6 Å². The van der Waals surface area contributed by atoms with E-state index in [9.17, 15) is 4.39 Å². The van der Waals surface area contributed by atoms with Gasteiger partial charge in [0.15, 0.2) is 0 Å². The predicted molar refractivity (Wildman–Crippen MR) is 137 cm³/mol. The summed E-state index contributed by atoms with van der Waals surface area (Å²) in [6, 6.07) is 3.88. The summed E-state index contributed by atoms with van der Waals surface area (Å²) in [6.07, 6.45) is 23.2. The maximum absolute atomic E-state index is 14.6. The van der Waals surface area contributed by atoms with E-state index in [4.69, 9.17) is 11.6 Å². The zero-order valence-corrected chi connectivity index (χ0v) is 21.2. The summed E-state index contributed by atoms with van der Waals surface area (Å²) in [5.74, 6) is 4.52. The number of benzene rings is 1. The number of aryl methyl sites for hydroxylation is 1. The first-order valence-corrected chi connectivity index (χ1v) is 14.1. The molecular formula is C30H44ClF. The average molecular weight is 459 g/mol. The summed E-state index contributed by atoms with van der Waals surface area (Å²) in [6.45, 7) is 4.19. The van der Waals surface area contributed by atoms with Crippen LogP contribution >= 0.6 is 11.6 Å². The van der Waals surface area contributed by atoms with E-state index in [0.29, 0.717) is 5.02 Å². The van der Waals surface area contributed by atoms with Gasteiger partial charge in [-0.1, -0.05) is 75.3 Å². The lowest BCUT2D eigenvalue weighted by atomic mass is 9.65. The Balaban J connectivity index is 1.22. The molecule has 1 unspecified atom stereocenters. The number of allylic oxidation sites excluding steroid dienone is 2. The van der Waals surface area contributed by atoms with Crippen molar-refractivity contribution >= 4 is 17.2 Å². The van der Waals surface area contributed by atoms with Crippen LogP contribution in [0.1, 0.15) is 114 Å². The molecule has 0 saturated heterocycles. The van der Waals surface area contributed by atoms with E-state index in [1.807, 2.05) is 19.1 Å². The van der Waals surface area contributed by atoms with Gasteiger partial charge in [0, 0.05) is 5.56 Å². The highest BCUT2D eigenvalue weighted by Crippen LogP contribution is 2.46. The van der Waals surface area contributed by atoms with Crippen molar-refractivity contribution in [3.05, 3.63) is 40.2 Å². The quantitative estimate of drug-likeness (QED) is 0.356. The third kappa shape index (κ3) is 5.81. The van der Waals surface area contributed by atoms with Gasteiger partial charge in [0.1, 0.15) is 5.82 Å². The van der Waals surface area contributed by atoms with Crippen LogP contribution in [-0.4, -0.2) is 0 Å². The molecule has 0 N–H and O–H groups in total. The van der Waals surface area contributed by atoms with Gasteiger partial charge in [-0.2, -0.15) is 0 Å². The summed E-state index contributed by atoms with van der Waals surface area (Å²) >= 11 is 6.16. The van der Waals surface area contributed by atoms with Crippen LogP contribution in [-0.2, 0) is 0 Å². The highest BCUT2D eigenvalue weighted by molar-refractivity contribution is 6.31. The monoisotopic (exact) mass is 458 g/mol. The highest BCUT2D eigenvalue weighted by atomic mass is 35.5. The highest BCUT2D eigenvalue weighted by Gasteiger charge is 2.33. The van der Waals surface area contributed by atoms with Crippen LogP contribution in [0.5, 0.6) is 0 Å². The van der Waals surface area contributed by atoms with E-state index in [1.54, 1.807) is 0 Å². The first kappa shape index (κ1) is 24.3.